The largest absolute Gasteiger partial charge is 0.480 e. The Morgan fingerprint density at radius 2 is 1.89 bits per heavy atom. The van der Waals surface area contributed by atoms with E-state index in [0.29, 0.717) is 19.0 Å². The fourth-order valence-corrected chi connectivity index (χ4v) is 1.01. The number of urea groups is 1. The second kappa shape index (κ2) is 7.92. The van der Waals surface area contributed by atoms with E-state index < -0.39 is 5.97 Å². The molecule has 6 nitrogen and oxygen atoms in total. The predicted molar refractivity (Wildman–Crippen MR) is 68.5 cm³/mol. The van der Waals surface area contributed by atoms with Gasteiger partial charge in [0, 0.05) is 13.1 Å². The Kier molecular flexibility index (Phi) is 7.35. The molecule has 0 heterocycles. The van der Waals surface area contributed by atoms with Crippen molar-refractivity contribution in [2.24, 2.45) is 11.3 Å². The van der Waals surface area contributed by atoms with Crippen molar-refractivity contribution in [2.45, 2.75) is 27.7 Å². The Hall–Kier alpha value is -1.30. The maximum Gasteiger partial charge on any atom is 0.329 e. The van der Waals surface area contributed by atoms with E-state index in [-0.39, 0.29) is 24.7 Å². The van der Waals surface area contributed by atoms with Gasteiger partial charge in [-0.1, -0.05) is 27.7 Å². The number of aliphatic carboxylic acids is 1. The monoisotopic (exact) mass is 260 g/mol. The van der Waals surface area contributed by atoms with Gasteiger partial charge in [0.2, 0.25) is 0 Å². The van der Waals surface area contributed by atoms with E-state index in [1.807, 2.05) is 0 Å². The zero-order valence-electron chi connectivity index (χ0n) is 11.6. The summed E-state index contributed by atoms with van der Waals surface area (Å²) in [6, 6.07) is -0.259. The third kappa shape index (κ3) is 8.81. The first-order valence-electron chi connectivity index (χ1n) is 6.04. The van der Waals surface area contributed by atoms with Crippen LogP contribution >= 0.6 is 0 Å². The highest BCUT2D eigenvalue weighted by molar-refractivity contribution is 5.73. The molecular formula is C12H24N2O4. The van der Waals surface area contributed by atoms with E-state index in [1.54, 1.807) is 0 Å². The number of carboxylic acid groups (broad SMARTS) is 1. The summed E-state index contributed by atoms with van der Waals surface area (Å²) in [5.74, 6) is -0.648. The topological polar surface area (TPSA) is 87.7 Å². The number of amides is 2. The van der Waals surface area contributed by atoms with Crippen LogP contribution in [-0.4, -0.2) is 43.4 Å². The number of carbonyl (C=O) groups excluding carboxylic acids is 1. The molecule has 0 spiro atoms. The minimum absolute atomic E-state index is 0.151. The van der Waals surface area contributed by atoms with Crippen LogP contribution in [0.15, 0.2) is 0 Å². The molecule has 0 aliphatic rings. The molecule has 3 N–H and O–H groups in total. The standard InChI is InChI=1S/C12H24N2O4/c1-9(12(2,3)4)7-14-11(17)13-5-6-18-8-10(15)16/h9H,5-8H2,1-4H3,(H,15,16)(H2,13,14,17). The third-order valence-electron chi connectivity index (χ3n) is 2.80. The molecule has 0 saturated carbocycles. The van der Waals surface area contributed by atoms with E-state index in [1.165, 1.54) is 0 Å². The van der Waals surface area contributed by atoms with Gasteiger partial charge in [-0.05, 0) is 11.3 Å². The molecule has 0 aliphatic carbocycles. The molecule has 18 heavy (non-hydrogen) atoms. The van der Waals surface area contributed by atoms with Crippen LogP contribution in [0.1, 0.15) is 27.7 Å². The van der Waals surface area contributed by atoms with Gasteiger partial charge in [-0.25, -0.2) is 9.59 Å². The molecule has 0 radical (unpaired) electrons. The lowest BCUT2D eigenvalue weighted by Crippen LogP contribution is -2.41. The van der Waals surface area contributed by atoms with Crippen molar-refractivity contribution >= 4 is 12.0 Å². The minimum Gasteiger partial charge on any atom is -0.480 e. The molecule has 0 aromatic carbocycles. The zero-order valence-corrected chi connectivity index (χ0v) is 11.6. The van der Waals surface area contributed by atoms with Gasteiger partial charge in [0.15, 0.2) is 0 Å². The highest BCUT2D eigenvalue weighted by atomic mass is 16.5. The van der Waals surface area contributed by atoms with Gasteiger partial charge in [0.05, 0.1) is 6.61 Å². The van der Waals surface area contributed by atoms with Crippen LogP contribution in [0.2, 0.25) is 0 Å². The van der Waals surface area contributed by atoms with Crippen molar-refractivity contribution in [3.8, 4) is 0 Å². The summed E-state index contributed by atoms with van der Waals surface area (Å²) in [4.78, 5) is 21.5. The maximum atomic E-state index is 11.4. The Bertz CT molecular complexity index is 274. The molecule has 106 valence electrons. The first kappa shape index (κ1) is 16.7. The van der Waals surface area contributed by atoms with E-state index >= 15 is 0 Å². The zero-order chi connectivity index (χ0) is 14.2. The molecule has 2 amide bonds. The van der Waals surface area contributed by atoms with Crippen LogP contribution in [0.3, 0.4) is 0 Å². The lowest BCUT2D eigenvalue weighted by Gasteiger charge is -2.27. The van der Waals surface area contributed by atoms with Crippen molar-refractivity contribution in [3.63, 3.8) is 0 Å². The van der Waals surface area contributed by atoms with Gasteiger partial charge in [0.25, 0.3) is 0 Å². The molecule has 6 heteroatoms. The van der Waals surface area contributed by atoms with Gasteiger partial charge in [-0.2, -0.15) is 0 Å². The van der Waals surface area contributed by atoms with E-state index in [9.17, 15) is 9.59 Å². The Morgan fingerprint density at radius 1 is 1.28 bits per heavy atom. The minimum atomic E-state index is -1.02. The molecule has 0 aliphatic heterocycles. The summed E-state index contributed by atoms with van der Waals surface area (Å²) in [5, 5.41) is 13.7. The molecule has 0 aromatic heterocycles. The average Bonchev–Trinajstić information content (AvgIpc) is 2.23. The second-order valence-electron chi connectivity index (χ2n) is 5.35. The SMILES string of the molecule is CC(CNC(=O)NCCOCC(=O)O)C(C)(C)C. The van der Waals surface area contributed by atoms with Gasteiger partial charge < -0.3 is 20.5 Å². The van der Waals surface area contributed by atoms with Crippen LogP contribution in [0.4, 0.5) is 4.79 Å². The second-order valence-corrected chi connectivity index (χ2v) is 5.35. The van der Waals surface area contributed by atoms with Crippen molar-refractivity contribution in [3.05, 3.63) is 0 Å². The fourth-order valence-electron chi connectivity index (χ4n) is 1.01. The lowest BCUT2D eigenvalue weighted by atomic mass is 9.82. The van der Waals surface area contributed by atoms with Crippen LogP contribution < -0.4 is 10.6 Å². The number of carbonyl (C=O) groups is 2. The van der Waals surface area contributed by atoms with Gasteiger partial charge in [-0.3, -0.25) is 0 Å². The Labute approximate surface area is 108 Å². The smallest absolute Gasteiger partial charge is 0.329 e. The van der Waals surface area contributed by atoms with Gasteiger partial charge >= 0.3 is 12.0 Å². The fraction of sp³-hybridized carbons (Fsp3) is 0.833. The summed E-state index contributed by atoms with van der Waals surface area (Å²) >= 11 is 0. The highest BCUT2D eigenvalue weighted by Crippen LogP contribution is 2.24. The van der Waals surface area contributed by atoms with Crippen LogP contribution in [0, 0.1) is 11.3 Å². The molecule has 0 rings (SSSR count). The Balaban J connectivity index is 3.58. The quantitative estimate of drug-likeness (QED) is 0.597. The number of ether oxygens (including phenoxy) is 1. The predicted octanol–water partition coefficient (Wildman–Crippen LogP) is 1.07. The summed E-state index contributed by atoms with van der Waals surface area (Å²) in [5.41, 5.74) is 0.151. The molecular weight excluding hydrogens is 236 g/mol. The van der Waals surface area contributed by atoms with Crippen LogP contribution in [0.25, 0.3) is 0 Å². The first-order valence-corrected chi connectivity index (χ1v) is 6.04. The normalized spacial score (nSPS) is 12.9. The van der Waals surface area contributed by atoms with Gasteiger partial charge in [-0.15, -0.1) is 0 Å². The molecule has 0 aromatic rings. The number of rotatable bonds is 7. The number of hydrogen-bond acceptors (Lipinski definition) is 3. The van der Waals surface area contributed by atoms with Crippen LogP contribution in [0.5, 0.6) is 0 Å². The summed E-state index contributed by atoms with van der Waals surface area (Å²) in [6.07, 6.45) is 0. The maximum absolute atomic E-state index is 11.4. The van der Waals surface area contributed by atoms with Gasteiger partial charge in [0.1, 0.15) is 6.61 Å². The van der Waals surface area contributed by atoms with E-state index in [4.69, 9.17) is 9.84 Å². The summed E-state index contributed by atoms with van der Waals surface area (Å²) in [6.45, 7) is 9.19. The van der Waals surface area contributed by atoms with Crippen molar-refractivity contribution in [2.75, 3.05) is 26.3 Å². The number of hydrogen-bond donors (Lipinski definition) is 3. The molecule has 1 atom stereocenters. The first-order chi connectivity index (χ1) is 8.23. The third-order valence-corrected chi connectivity index (χ3v) is 2.80. The average molecular weight is 260 g/mol. The summed E-state index contributed by atoms with van der Waals surface area (Å²) in [7, 11) is 0. The molecule has 0 saturated heterocycles. The molecule has 0 fully saturated rings. The van der Waals surface area contributed by atoms with E-state index in [2.05, 4.69) is 38.3 Å². The number of carboxylic acids is 1. The highest BCUT2D eigenvalue weighted by Gasteiger charge is 2.20. The van der Waals surface area contributed by atoms with Crippen molar-refractivity contribution < 1.29 is 19.4 Å². The molecule has 0 bridgehead atoms. The molecule has 1 unspecified atom stereocenters. The van der Waals surface area contributed by atoms with Crippen molar-refractivity contribution in [1.82, 2.24) is 10.6 Å². The Morgan fingerprint density at radius 3 is 2.39 bits per heavy atom. The van der Waals surface area contributed by atoms with Crippen LogP contribution in [-0.2, 0) is 9.53 Å². The lowest BCUT2D eigenvalue weighted by molar-refractivity contribution is -0.142. The van der Waals surface area contributed by atoms with Crippen molar-refractivity contribution in [1.29, 1.82) is 0 Å². The number of nitrogens with one attached hydrogen (secondary N) is 2. The van der Waals surface area contributed by atoms with E-state index in [0.717, 1.165) is 0 Å². The summed E-state index contributed by atoms with van der Waals surface area (Å²) < 4.78 is 4.78.